The highest BCUT2D eigenvalue weighted by molar-refractivity contribution is 5.81. The van der Waals surface area contributed by atoms with E-state index in [1.165, 1.54) is 7.11 Å². The molecule has 7 nitrogen and oxygen atoms in total. The third-order valence-electron chi connectivity index (χ3n) is 3.23. The van der Waals surface area contributed by atoms with E-state index in [0.29, 0.717) is 18.6 Å². The summed E-state index contributed by atoms with van der Waals surface area (Å²) in [5.41, 5.74) is 0.0983. The summed E-state index contributed by atoms with van der Waals surface area (Å²) in [6, 6.07) is 5.85. The van der Waals surface area contributed by atoms with Crippen LogP contribution in [-0.2, 0) is 25.5 Å². The summed E-state index contributed by atoms with van der Waals surface area (Å²) < 4.78 is 15.1. The van der Waals surface area contributed by atoms with Crippen LogP contribution < -0.4 is 10.1 Å². The van der Waals surface area contributed by atoms with Gasteiger partial charge in [0.2, 0.25) is 0 Å². The molecule has 0 aliphatic heterocycles. The molecule has 1 N–H and O–H groups in total. The van der Waals surface area contributed by atoms with Crippen LogP contribution in [0, 0.1) is 0 Å². The number of benzene rings is 1. The first kappa shape index (κ1) is 21.5. The average Bonchev–Trinajstić information content (AvgIpc) is 2.53. The van der Waals surface area contributed by atoms with Crippen LogP contribution in [-0.4, -0.2) is 36.8 Å². The fourth-order valence-corrected chi connectivity index (χ4v) is 2.10. The summed E-state index contributed by atoms with van der Waals surface area (Å²) >= 11 is 0. The molecular formula is C19H27NO6. The van der Waals surface area contributed by atoms with Gasteiger partial charge in [-0.2, -0.15) is 0 Å². The number of ether oxygens (including phenoxy) is 3. The lowest BCUT2D eigenvalue weighted by Crippen LogP contribution is -2.45. The molecule has 1 rings (SSSR count). The van der Waals surface area contributed by atoms with Crippen LogP contribution in [0.15, 0.2) is 24.3 Å². The predicted molar refractivity (Wildman–Crippen MR) is 95.9 cm³/mol. The first-order valence-corrected chi connectivity index (χ1v) is 8.51. The molecule has 7 heteroatoms. The summed E-state index contributed by atoms with van der Waals surface area (Å²) in [7, 11) is 1.25. The number of esters is 2. The van der Waals surface area contributed by atoms with Crippen LogP contribution in [0.2, 0.25) is 0 Å². The van der Waals surface area contributed by atoms with Gasteiger partial charge in [-0.3, -0.25) is 4.79 Å². The van der Waals surface area contributed by atoms with Crippen LogP contribution in [0.1, 0.15) is 46.1 Å². The summed E-state index contributed by atoms with van der Waals surface area (Å²) in [5, 5.41) is 2.52. The molecule has 0 aliphatic rings. The summed E-state index contributed by atoms with van der Waals surface area (Å²) in [4.78, 5) is 35.4. The van der Waals surface area contributed by atoms with Crippen molar-refractivity contribution in [2.45, 2.75) is 58.6 Å². The molecule has 0 saturated carbocycles. The number of alkyl carbamates (subject to hydrolysis) is 1. The zero-order valence-electron chi connectivity index (χ0n) is 16.0. The van der Waals surface area contributed by atoms with Crippen molar-refractivity contribution >= 4 is 18.0 Å². The maximum atomic E-state index is 11.9. The number of carbonyl (C=O) groups excluding carboxylic acids is 3. The second-order valence-electron chi connectivity index (χ2n) is 6.79. The SMILES string of the molecule is CCCC(=O)Oc1ccc(C[C@H](NC(=O)OC(C)(C)C)C(=O)OC)cc1. The highest BCUT2D eigenvalue weighted by Crippen LogP contribution is 2.15. The van der Waals surface area contributed by atoms with Crippen LogP contribution in [0.3, 0.4) is 0 Å². The number of hydrogen-bond donors (Lipinski definition) is 1. The Morgan fingerprint density at radius 3 is 2.23 bits per heavy atom. The van der Waals surface area contributed by atoms with Crippen molar-refractivity contribution < 1.29 is 28.6 Å². The molecular weight excluding hydrogens is 338 g/mol. The fraction of sp³-hybridized carbons (Fsp3) is 0.526. The number of hydrogen-bond acceptors (Lipinski definition) is 6. The summed E-state index contributed by atoms with van der Waals surface area (Å²) in [5.74, 6) is -0.435. The Morgan fingerprint density at radius 2 is 1.73 bits per heavy atom. The van der Waals surface area contributed by atoms with Crippen molar-refractivity contribution in [1.82, 2.24) is 5.32 Å². The lowest BCUT2D eigenvalue weighted by molar-refractivity contribution is -0.143. The Labute approximate surface area is 154 Å². The van der Waals surface area contributed by atoms with Crippen molar-refractivity contribution in [2.24, 2.45) is 0 Å². The van der Waals surface area contributed by atoms with Crippen molar-refractivity contribution in [1.29, 1.82) is 0 Å². The van der Waals surface area contributed by atoms with Crippen LogP contribution >= 0.6 is 0 Å². The van der Waals surface area contributed by atoms with E-state index in [0.717, 1.165) is 5.56 Å². The first-order valence-electron chi connectivity index (χ1n) is 8.51. The van der Waals surface area contributed by atoms with Gasteiger partial charge in [-0.05, 0) is 44.9 Å². The highest BCUT2D eigenvalue weighted by atomic mass is 16.6. The largest absolute Gasteiger partial charge is 0.467 e. The Morgan fingerprint density at radius 1 is 1.12 bits per heavy atom. The smallest absolute Gasteiger partial charge is 0.408 e. The molecule has 0 radical (unpaired) electrons. The average molecular weight is 365 g/mol. The molecule has 0 spiro atoms. The number of nitrogens with one attached hydrogen (secondary N) is 1. The first-order chi connectivity index (χ1) is 12.1. The van der Waals surface area contributed by atoms with Gasteiger partial charge in [0.1, 0.15) is 17.4 Å². The Hall–Kier alpha value is -2.57. The van der Waals surface area contributed by atoms with Crippen LogP contribution in [0.4, 0.5) is 4.79 Å². The highest BCUT2D eigenvalue weighted by Gasteiger charge is 2.25. The summed E-state index contributed by atoms with van der Waals surface area (Å²) in [6.07, 6.45) is 0.591. The molecule has 1 atom stereocenters. The van der Waals surface area contributed by atoms with E-state index in [4.69, 9.17) is 14.2 Å². The number of rotatable bonds is 7. The lowest BCUT2D eigenvalue weighted by Gasteiger charge is -2.22. The molecule has 1 aromatic carbocycles. The van der Waals surface area contributed by atoms with E-state index in [1.807, 2.05) is 6.92 Å². The van der Waals surface area contributed by atoms with E-state index >= 15 is 0 Å². The van der Waals surface area contributed by atoms with Crippen molar-refractivity contribution in [3.8, 4) is 5.75 Å². The van der Waals surface area contributed by atoms with Crippen LogP contribution in [0.5, 0.6) is 5.75 Å². The molecule has 0 aliphatic carbocycles. The predicted octanol–water partition coefficient (Wildman–Crippen LogP) is 3.00. The van der Waals surface area contributed by atoms with Crippen molar-refractivity contribution in [3.63, 3.8) is 0 Å². The van der Waals surface area contributed by atoms with Crippen LogP contribution in [0.25, 0.3) is 0 Å². The van der Waals surface area contributed by atoms with Gasteiger partial charge in [0.25, 0.3) is 0 Å². The number of carbonyl (C=O) groups is 3. The zero-order valence-corrected chi connectivity index (χ0v) is 16.0. The quantitative estimate of drug-likeness (QED) is 0.590. The van der Waals surface area contributed by atoms with E-state index in [1.54, 1.807) is 45.0 Å². The van der Waals surface area contributed by atoms with Gasteiger partial charge < -0.3 is 19.5 Å². The van der Waals surface area contributed by atoms with Gasteiger partial charge in [0, 0.05) is 12.8 Å². The number of methoxy groups -OCH3 is 1. The van der Waals surface area contributed by atoms with Gasteiger partial charge in [0.15, 0.2) is 0 Å². The molecule has 0 bridgehead atoms. The zero-order chi connectivity index (χ0) is 19.7. The normalized spacial score (nSPS) is 12.0. The maximum Gasteiger partial charge on any atom is 0.408 e. The second kappa shape index (κ2) is 9.79. The lowest BCUT2D eigenvalue weighted by atomic mass is 10.1. The van der Waals surface area contributed by atoms with Gasteiger partial charge in [0.05, 0.1) is 7.11 Å². The minimum atomic E-state index is -0.886. The Balaban J connectivity index is 2.74. The monoisotopic (exact) mass is 365 g/mol. The van der Waals surface area contributed by atoms with E-state index in [-0.39, 0.29) is 12.4 Å². The molecule has 1 aromatic rings. The minimum absolute atomic E-state index is 0.217. The van der Waals surface area contributed by atoms with Gasteiger partial charge in [-0.15, -0.1) is 0 Å². The molecule has 144 valence electrons. The maximum absolute atomic E-state index is 11.9. The Kier molecular flexibility index (Phi) is 8.09. The third kappa shape index (κ3) is 8.00. The Bertz CT molecular complexity index is 618. The fourth-order valence-electron chi connectivity index (χ4n) is 2.10. The minimum Gasteiger partial charge on any atom is -0.467 e. The van der Waals surface area contributed by atoms with E-state index < -0.39 is 23.7 Å². The van der Waals surface area contributed by atoms with Gasteiger partial charge >= 0.3 is 18.0 Å². The summed E-state index contributed by atoms with van der Waals surface area (Å²) in [6.45, 7) is 7.10. The van der Waals surface area contributed by atoms with Gasteiger partial charge in [-0.25, -0.2) is 9.59 Å². The molecule has 0 fully saturated rings. The third-order valence-corrected chi connectivity index (χ3v) is 3.23. The molecule has 0 unspecified atom stereocenters. The number of amides is 1. The van der Waals surface area contributed by atoms with E-state index in [2.05, 4.69) is 5.32 Å². The van der Waals surface area contributed by atoms with Gasteiger partial charge in [-0.1, -0.05) is 19.1 Å². The van der Waals surface area contributed by atoms with E-state index in [9.17, 15) is 14.4 Å². The molecule has 26 heavy (non-hydrogen) atoms. The molecule has 0 heterocycles. The standard InChI is InChI=1S/C19H27NO6/c1-6-7-16(21)25-14-10-8-13(9-11-14)12-15(17(22)24-5)20-18(23)26-19(2,3)4/h8-11,15H,6-7,12H2,1-5H3,(H,20,23)/t15-/m0/s1. The molecule has 0 saturated heterocycles. The van der Waals surface area contributed by atoms with Crippen molar-refractivity contribution in [2.75, 3.05) is 7.11 Å². The van der Waals surface area contributed by atoms with Crippen molar-refractivity contribution in [3.05, 3.63) is 29.8 Å². The topological polar surface area (TPSA) is 90.9 Å². The second-order valence-corrected chi connectivity index (χ2v) is 6.79. The molecule has 0 aromatic heterocycles. The molecule has 1 amide bonds.